The van der Waals surface area contributed by atoms with E-state index >= 15 is 0 Å². The number of carbonyl (C=O) groups excluding carboxylic acids is 14. The van der Waals surface area contributed by atoms with Crippen molar-refractivity contribution in [1.29, 1.82) is 0 Å². The maximum absolute atomic E-state index is 14.9. The zero-order valence-electron chi connectivity index (χ0n) is 75.2. The summed E-state index contributed by atoms with van der Waals surface area (Å²) in [4.78, 5) is 200. The number of nitrogens with one attached hydrogen (secondary N) is 13. The van der Waals surface area contributed by atoms with Gasteiger partial charge in [-0.15, -0.1) is 0 Å². The van der Waals surface area contributed by atoms with Crippen molar-refractivity contribution in [2.45, 2.75) is 362 Å². The van der Waals surface area contributed by atoms with Crippen molar-refractivity contribution in [3.8, 4) is 0 Å². The molecule has 0 aromatic rings. The normalized spacial score (nSPS) is 15.2. The highest BCUT2D eigenvalue weighted by Gasteiger charge is 2.39. The van der Waals surface area contributed by atoms with Crippen LogP contribution in [0.1, 0.15) is 278 Å². The van der Waals surface area contributed by atoms with Gasteiger partial charge in [-0.3, -0.25) is 67.1 Å². The summed E-state index contributed by atoms with van der Waals surface area (Å²) in [6, 6.07) is -16.7. The molecule has 35 nitrogen and oxygen atoms in total. The molecule has 0 rings (SSSR count). The Bertz CT molecular complexity index is 3020. The van der Waals surface area contributed by atoms with Gasteiger partial charge in [-0.1, -0.05) is 111 Å². The average Bonchev–Trinajstić information content (AvgIpc) is 0.853. The molecule has 0 aromatic carbocycles. The molecule has 29 N–H and O–H groups in total. The van der Waals surface area contributed by atoms with E-state index in [9.17, 15) is 67.1 Å². The maximum atomic E-state index is 14.9. The molecule has 688 valence electrons. The van der Waals surface area contributed by atoms with Crippen LogP contribution in [0.4, 0.5) is 0 Å². The van der Waals surface area contributed by atoms with E-state index in [0.29, 0.717) is 90.0 Å². The second-order valence-corrected chi connectivity index (χ2v) is 35.5. The number of rotatable bonds is 67. The molecule has 0 saturated carbocycles. The van der Waals surface area contributed by atoms with E-state index in [1.54, 1.807) is 0 Å². The average molecular weight is 1690 g/mol. The van der Waals surface area contributed by atoms with Crippen LogP contribution in [0.3, 0.4) is 0 Å². The van der Waals surface area contributed by atoms with E-state index in [4.69, 9.17) is 45.9 Å². The van der Waals surface area contributed by atoms with Crippen LogP contribution in [0.15, 0.2) is 0 Å². The topological polar surface area (TPSA) is 604 Å². The van der Waals surface area contributed by atoms with Crippen LogP contribution in [-0.2, 0) is 67.1 Å². The van der Waals surface area contributed by atoms with Crippen molar-refractivity contribution in [3.05, 3.63) is 0 Å². The van der Waals surface area contributed by atoms with E-state index < -0.39 is 167 Å². The lowest BCUT2D eigenvalue weighted by Gasteiger charge is -2.30. The quantitative estimate of drug-likeness (QED) is 0.0381. The first-order chi connectivity index (χ1) is 56.0. The smallest absolute Gasteiger partial charge is 0.243 e. The third-order valence-electron chi connectivity index (χ3n) is 19.9. The second kappa shape index (κ2) is 62.4. The molecule has 119 heavy (non-hydrogen) atoms. The van der Waals surface area contributed by atoms with Crippen molar-refractivity contribution < 1.29 is 67.1 Å². The van der Waals surface area contributed by atoms with E-state index in [1.807, 2.05) is 111 Å². The molecule has 0 aliphatic carbocycles. The van der Waals surface area contributed by atoms with Crippen LogP contribution < -0.4 is 115 Å². The van der Waals surface area contributed by atoms with E-state index in [-0.39, 0.29) is 164 Å². The standard InChI is InChI=1S/C84H163N21O14/c1-49(2)41-57(91)72(107)100-65(43-51(5)6)79(114)96-58(29-17-23-35-85)73(108)94-62(33-21-27-39-89)77(112)102-69(47-55(13)14)83(118)105-67(45-53(9)10)81(116)98-60(31-19-25-37-87)75(110)95-63(34-22-28-40-90)78(113)103-70(48-56(15)16)84(119)104-66(44-52(7)8)80(115)97-59(30-18-24-36-86)74(109)93-61(32-20-26-38-88)76(111)101-68(46-54(11)12)82(117)99-64(71(92)106)42-50(3)4/h49-70H,17-48,85-91H2,1-16H3,(H2,92,106)(H,93,109)(H,94,108)(H,95,110)(H,96,114)(H,97,115)(H,98,116)(H,99,117)(H,100,107)(H,101,111)(H,102,112)(H,103,113)(H,104,119)(H,105,118)/t57-,58-,59-,60-,61-,62-,63-,64-,65-,66-,67-,68-,69-,70-/m0/s1. The molecule has 0 heterocycles. The molecule has 0 bridgehead atoms. The summed E-state index contributed by atoms with van der Waals surface area (Å²) in [5.41, 5.74) is 47.2. The third kappa shape index (κ3) is 49.1. The molecule has 14 amide bonds. The van der Waals surface area contributed by atoms with Gasteiger partial charge in [-0.2, -0.15) is 0 Å². The minimum Gasteiger partial charge on any atom is -0.368 e. The molecule has 0 fully saturated rings. The van der Waals surface area contributed by atoms with Crippen LogP contribution >= 0.6 is 0 Å². The van der Waals surface area contributed by atoms with E-state index in [0.717, 1.165) is 0 Å². The Kier molecular flexibility index (Phi) is 58.4. The first kappa shape index (κ1) is 111. The lowest BCUT2D eigenvalue weighted by atomic mass is 9.98. The minimum absolute atomic E-state index is 0.00211. The van der Waals surface area contributed by atoms with Gasteiger partial charge in [0.2, 0.25) is 82.7 Å². The first-order valence-corrected chi connectivity index (χ1v) is 44.2. The van der Waals surface area contributed by atoms with Gasteiger partial charge in [0.05, 0.1) is 6.04 Å². The van der Waals surface area contributed by atoms with Crippen molar-refractivity contribution in [1.82, 2.24) is 69.1 Å². The number of primary amides is 1. The van der Waals surface area contributed by atoms with Crippen molar-refractivity contribution in [2.24, 2.45) is 93.2 Å². The molecular weight excluding hydrogens is 1530 g/mol. The molecule has 0 aliphatic rings. The molecule has 0 unspecified atom stereocenters. The first-order valence-electron chi connectivity index (χ1n) is 44.2. The Morgan fingerprint density at radius 3 is 0.454 bits per heavy atom. The predicted octanol–water partition coefficient (Wildman–Crippen LogP) is 1.24. The SMILES string of the molecule is CC(C)C[C@H](NC(=O)[C@H](CC(C)C)NC(=O)[C@H](CCCCN)NC(=O)[C@H](CCCCN)NC(=O)[C@H](CC(C)C)NC(=O)[C@H](CC(C)C)NC(=O)[C@H](CCCCN)NC(=O)[C@H](CCCCN)NC(=O)[C@H](CC(C)C)NC(=O)[C@H](CC(C)C)NC(=O)[C@H](CCCCN)NC(=O)[C@H](CCCCN)NC(=O)[C@H](CC(C)C)NC(=O)[C@@H](N)CC(C)C)C(N)=O. The number of hydrogen-bond donors (Lipinski definition) is 21. The highest BCUT2D eigenvalue weighted by molar-refractivity contribution is 6.00. The zero-order chi connectivity index (χ0) is 90.6. The summed E-state index contributed by atoms with van der Waals surface area (Å²) in [7, 11) is 0. The van der Waals surface area contributed by atoms with Gasteiger partial charge in [0.25, 0.3) is 0 Å². The fourth-order valence-corrected chi connectivity index (χ4v) is 13.7. The molecular formula is C84H163N21O14. The Morgan fingerprint density at radius 2 is 0.311 bits per heavy atom. The van der Waals surface area contributed by atoms with Crippen molar-refractivity contribution >= 4 is 82.7 Å². The molecule has 0 saturated heterocycles. The lowest BCUT2D eigenvalue weighted by molar-refractivity contribution is -0.137. The highest BCUT2D eigenvalue weighted by Crippen LogP contribution is 2.19. The molecule has 0 aliphatic heterocycles. The summed E-state index contributed by atoms with van der Waals surface area (Å²) >= 11 is 0. The van der Waals surface area contributed by atoms with Crippen molar-refractivity contribution in [3.63, 3.8) is 0 Å². The van der Waals surface area contributed by atoms with Crippen LogP contribution in [0.5, 0.6) is 0 Å². The summed E-state index contributed by atoms with van der Waals surface area (Å²) in [5, 5.41) is 36.6. The highest BCUT2D eigenvalue weighted by atomic mass is 16.2. The van der Waals surface area contributed by atoms with Gasteiger partial charge in [-0.25, -0.2) is 0 Å². The Hall–Kier alpha value is -7.70. The third-order valence-corrected chi connectivity index (χ3v) is 19.9. The van der Waals surface area contributed by atoms with Gasteiger partial charge >= 0.3 is 0 Å². The van der Waals surface area contributed by atoms with Crippen LogP contribution in [-0.4, -0.2) is 207 Å². The molecule has 0 aromatic heterocycles. The van der Waals surface area contributed by atoms with Gasteiger partial charge in [0, 0.05) is 0 Å². The van der Waals surface area contributed by atoms with E-state index in [2.05, 4.69) is 69.1 Å². The van der Waals surface area contributed by atoms with Gasteiger partial charge < -0.3 is 115 Å². The van der Waals surface area contributed by atoms with Crippen LogP contribution in [0.25, 0.3) is 0 Å². The minimum atomic E-state index is -1.31. The second-order valence-electron chi connectivity index (χ2n) is 35.5. The van der Waals surface area contributed by atoms with Crippen LogP contribution in [0.2, 0.25) is 0 Å². The Morgan fingerprint density at radius 1 is 0.185 bits per heavy atom. The summed E-state index contributed by atoms with van der Waals surface area (Å²) in [6.45, 7) is 31.4. The zero-order valence-corrected chi connectivity index (χ0v) is 75.2. The number of carbonyl (C=O) groups is 14. The largest absolute Gasteiger partial charge is 0.368 e. The summed E-state index contributed by atoms with van der Waals surface area (Å²) in [5.74, 6) is -10.7. The maximum Gasteiger partial charge on any atom is 0.243 e. The molecule has 14 atom stereocenters. The molecule has 0 spiro atoms. The number of nitrogens with two attached hydrogens (primary N) is 8. The fraction of sp³-hybridized carbons (Fsp3) is 0.833. The fourth-order valence-electron chi connectivity index (χ4n) is 13.7. The predicted molar refractivity (Wildman–Crippen MR) is 465 cm³/mol. The number of hydrogen-bond acceptors (Lipinski definition) is 21. The summed E-state index contributed by atoms with van der Waals surface area (Å²) in [6.07, 6.45) is 6.88. The molecule has 35 heteroatoms. The van der Waals surface area contributed by atoms with E-state index in [1.165, 1.54) is 0 Å². The van der Waals surface area contributed by atoms with Gasteiger partial charge in [0.1, 0.15) is 78.5 Å². The Balaban J connectivity index is 7.41. The summed E-state index contributed by atoms with van der Waals surface area (Å²) < 4.78 is 0. The number of amides is 14. The van der Waals surface area contributed by atoms with Gasteiger partial charge in [0.15, 0.2) is 0 Å². The monoisotopic (exact) mass is 1690 g/mol. The number of unbranched alkanes of at least 4 members (excludes halogenated alkanes) is 6. The lowest BCUT2D eigenvalue weighted by Crippen LogP contribution is -2.61. The van der Waals surface area contributed by atoms with Crippen molar-refractivity contribution in [2.75, 3.05) is 39.3 Å². The van der Waals surface area contributed by atoms with Crippen LogP contribution in [0, 0.1) is 47.3 Å². The van der Waals surface area contributed by atoms with Gasteiger partial charge in [-0.05, 0) is 254 Å². The Labute approximate surface area is 710 Å². The molecule has 0 radical (unpaired) electrons.